The van der Waals surface area contributed by atoms with Crippen LogP contribution < -0.4 is 11.1 Å². The predicted molar refractivity (Wildman–Crippen MR) is 78.9 cm³/mol. The number of nitrogens with one attached hydrogen (secondary N) is 1. The number of aromatic nitrogens is 1. The van der Waals surface area contributed by atoms with Crippen molar-refractivity contribution in [1.29, 1.82) is 5.26 Å². The maximum atomic E-state index is 8.88. The zero-order valence-electron chi connectivity index (χ0n) is 11.1. The largest absolute Gasteiger partial charge is 0.383 e. The second-order valence-electron chi connectivity index (χ2n) is 5.11. The van der Waals surface area contributed by atoms with Gasteiger partial charge in [-0.2, -0.15) is 5.26 Å². The highest BCUT2D eigenvalue weighted by molar-refractivity contribution is 5.54. The lowest BCUT2D eigenvalue weighted by Gasteiger charge is -2.19. The normalized spacial score (nSPS) is 15.3. The molecule has 1 aliphatic carbocycles. The van der Waals surface area contributed by atoms with Crippen LogP contribution in [0.1, 0.15) is 30.0 Å². The Labute approximate surface area is 118 Å². The van der Waals surface area contributed by atoms with E-state index in [-0.39, 0.29) is 11.9 Å². The van der Waals surface area contributed by atoms with Crippen molar-refractivity contribution in [3.05, 3.63) is 53.6 Å². The van der Waals surface area contributed by atoms with Crippen molar-refractivity contribution in [2.24, 2.45) is 5.92 Å². The number of nitrogens with zero attached hydrogens (tertiary/aromatic N) is 2. The average molecular weight is 264 g/mol. The maximum absolute atomic E-state index is 8.88. The molecule has 1 aromatic carbocycles. The number of anilines is 2. The van der Waals surface area contributed by atoms with Gasteiger partial charge < -0.3 is 11.1 Å². The highest BCUT2D eigenvalue weighted by Crippen LogP contribution is 2.42. The molecule has 3 rings (SSSR count). The number of pyridine rings is 1. The fourth-order valence-electron chi connectivity index (χ4n) is 2.37. The minimum Gasteiger partial charge on any atom is -0.383 e. The monoisotopic (exact) mass is 264 g/mol. The number of hydrogen-bond donors (Lipinski definition) is 2. The molecular weight excluding hydrogens is 248 g/mol. The fraction of sp³-hybridized carbons (Fsp3) is 0.250. The first-order valence-electron chi connectivity index (χ1n) is 6.76. The van der Waals surface area contributed by atoms with Gasteiger partial charge >= 0.3 is 0 Å². The standard InChI is InChI=1S/C16H16N4/c17-10-13-8-9-14(20-16(13)18)19-15(12-6-7-12)11-4-2-1-3-5-11/h1-5,8-9,12,15H,6-7H2,(H3,18,19,20). The Morgan fingerprint density at radius 1 is 1.20 bits per heavy atom. The van der Waals surface area contributed by atoms with E-state index in [1.54, 1.807) is 6.07 Å². The van der Waals surface area contributed by atoms with E-state index in [1.807, 2.05) is 30.3 Å². The van der Waals surface area contributed by atoms with E-state index in [2.05, 4.69) is 22.4 Å². The second-order valence-corrected chi connectivity index (χ2v) is 5.11. The number of nitrogen functional groups attached to an aromatic ring is 1. The van der Waals surface area contributed by atoms with Crippen molar-refractivity contribution in [2.45, 2.75) is 18.9 Å². The van der Waals surface area contributed by atoms with Crippen LogP contribution in [0.15, 0.2) is 42.5 Å². The molecule has 3 N–H and O–H groups in total. The lowest BCUT2D eigenvalue weighted by atomic mass is 10.0. The topological polar surface area (TPSA) is 74.7 Å². The molecule has 0 spiro atoms. The van der Waals surface area contributed by atoms with Crippen molar-refractivity contribution < 1.29 is 0 Å². The van der Waals surface area contributed by atoms with Gasteiger partial charge in [-0.1, -0.05) is 30.3 Å². The van der Waals surface area contributed by atoms with Gasteiger partial charge in [0.05, 0.1) is 11.6 Å². The molecule has 0 saturated heterocycles. The molecular formula is C16H16N4. The summed E-state index contributed by atoms with van der Waals surface area (Å²) in [5, 5.41) is 12.3. The van der Waals surface area contributed by atoms with Gasteiger partial charge in [-0.05, 0) is 36.5 Å². The highest BCUT2D eigenvalue weighted by atomic mass is 15.0. The zero-order valence-corrected chi connectivity index (χ0v) is 11.1. The lowest BCUT2D eigenvalue weighted by Crippen LogP contribution is -2.14. The Morgan fingerprint density at radius 3 is 2.55 bits per heavy atom. The summed E-state index contributed by atoms with van der Waals surface area (Å²) in [4.78, 5) is 4.26. The summed E-state index contributed by atoms with van der Waals surface area (Å²) in [5.74, 6) is 1.65. The van der Waals surface area contributed by atoms with Crippen LogP contribution in [-0.4, -0.2) is 4.98 Å². The number of rotatable bonds is 4. The highest BCUT2D eigenvalue weighted by Gasteiger charge is 2.32. The van der Waals surface area contributed by atoms with Crippen LogP contribution in [0, 0.1) is 17.2 Å². The number of hydrogen-bond acceptors (Lipinski definition) is 4. The average Bonchev–Trinajstić information content (AvgIpc) is 3.30. The summed E-state index contributed by atoms with van der Waals surface area (Å²) in [6.45, 7) is 0. The summed E-state index contributed by atoms with van der Waals surface area (Å²) in [5.41, 5.74) is 7.44. The number of nitriles is 1. The van der Waals surface area contributed by atoms with E-state index in [0.29, 0.717) is 11.5 Å². The molecule has 2 aromatic rings. The minimum absolute atomic E-state index is 0.260. The number of benzene rings is 1. The molecule has 1 aromatic heterocycles. The van der Waals surface area contributed by atoms with Crippen LogP contribution in [0.2, 0.25) is 0 Å². The first kappa shape index (κ1) is 12.5. The van der Waals surface area contributed by atoms with Gasteiger partial charge in [-0.25, -0.2) is 4.98 Å². The van der Waals surface area contributed by atoms with Gasteiger partial charge in [0.2, 0.25) is 0 Å². The Bertz CT molecular complexity index is 641. The molecule has 1 aliphatic rings. The molecule has 0 aliphatic heterocycles. The third-order valence-electron chi connectivity index (χ3n) is 3.60. The number of nitrogens with two attached hydrogens (primary N) is 1. The SMILES string of the molecule is N#Cc1ccc(NC(c2ccccc2)C2CC2)nc1N. The van der Waals surface area contributed by atoms with Gasteiger partial charge in [0.1, 0.15) is 17.7 Å². The maximum Gasteiger partial charge on any atom is 0.143 e. The van der Waals surface area contributed by atoms with Crippen molar-refractivity contribution >= 4 is 11.6 Å². The minimum atomic E-state index is 0.260. The quantitative estimate of drug-likeness (QED) is 0.889. The van der Waals surface area contributed by atoms with Crippen molar-refractivity contribution in [3.63, 3.8) is 0 Å². The van der Waals surface area contributed by atoms with E-state index in [0.717, 1.165) is 5.82 Å². The molecule has 20 heavy (non-hydrogen) atoms. The molecule has 1 saturated carbocycles. The van der Waals surface area contributed by atoms with E-state index in [4.69, 9.17) is 11.0 Å². The van der Waals surface area contributed by atoms with Gasteiger partial charge in [0.25, 0.3) is 0 Å². The van der Waals surface area contributed by atoms with Crippen LogP contribution in [0.5, 0.6) is 0 Å². The van der Waals surface area contributed by atoms with Crippen LogP contribution in [0.3, 0.4) is 0 Å². The van der Waals surface area contributed by atoms with Crippen molar-refractivity contribution in [2.75, 3.05) is 11.1 Å². The van der Waals surface area contributed by atoms with Crippen molar-refractivity contribution in [3.8, 4) is 6.07 Å². The zero-order chi connectivity index (χ0) is 13.9. The van der Waals surface area contributed by atoms with Crippen LogP contribution >= 0.6 is 0 Å². The molecule has 1 fully saturated rings. The van der Waals surface area contributed by atoms with Gasteiger partial charge in [0, 0.05) is 0 Å². The molecule has 1 unspecified atom stereocenters. The lowest BCUT2D eigenvalue weighted by molar-refractivity contribution is 0.676. The first-order chi connectivity index (χ1) is 9.78. The van der Waals surface area contributed by atoms with Gasteiger partial charge in [-0.3, -0.25) is 0 Å². The first-order valence-corrected chi connectivity index (χ1v) is 6.76. The third kappa shape index (κ3) is 2.57. The van der Waals surface area contributed by atoms with Crippen molar-refractivity contribution in [1.82, 2.24) is 4.98 Å². The van der Waals surface area contributed by atoms with Crippen LogP contribution in [-0.2, 0) is 0 Å². The summed E-state index contributed by atoms with van der Waals surface area (Å²) >= 11 is 0. The Kier molecular flexibility index (Phi) is 3.26. The second kappa shape index (κ2) is 5.22. The Hall–Kier alpha value is -2.54. The third-order valence-corrected chi connectivity index (χ3v) is 3.60. The molecule has 100 valence electrons. The van der Waals surface area contributed by atoms with E-state index < -0.39 is 0 Å². The molecule has 1 atom stereocenters. The van der Waals surface area contributed by atoms with E-state index >= 15 is 0 Å². The molecule has 1 heterocycles. The Balaban J connectivity index is 1.84. The predicted octanol–water partition coefficient (Wildman–Crippen LogP) is 3.10. The fourth-order valence-corrected chi connectivity index (χ4v) is 2.37. The summed E-state index contributed by atoms with van der Waals surface area (Å²) in [6.07, 6.45) is 2.47. The smallest absolute Gasteiger partial charge is 0.143 e. The van der Waals surface area contributed by atoms with E-state index in [9.17, 15) is 0 Å². The summed E-state index contributed by atoms with van der Waals surface area (Å²) < 4.78 is 0. The van der Waals surface area contributed by atoms with Gasteiger partial charge in [-0.15, -0.1) is 0 Å². The van der Waals surface area contributed by atoms with Crippen LogP contribution in [0.25, 0.3) is 0 Å². The molecule has 0 amide bonds. The van der Waals surface area contributed by atoms with E-state index in [1.165, 1.54) is 18.4 Å². The molecule has 0 bridgehead atoms. The molecule has 0 radical (unpaired) electrons. The molecule has 4 nitrogen and oxygen atoms in total. The summed E-state index contributed by atoms with van der Waals surface area (Å²) in [6, 6.07) is 16.2. The molecule has 4 heteroatoms. The Morgan fingerprint density at radius 2 is 1.95 bits per heavy atom. The summed E-state index contributed by atoms with van der Waals surface area (Å²) in [7, 11) is 0. The van der Waals surface area contributed by atoms with Gasteiger partial charge in [0.15, 0.2) is 0 Å². The van der Waals surface area contributed by atoms with Crippen LogP contribution in [0.4, 0.5) is 11.6 Å².